The van der Waals surface area contributed by atoms with Crippen LogP contribution in [-0.2, 0) is 4.79 Å². The molecule has 8 heteroatoms. The third-order valence-electron chi connectivity index (χ3n) is 4.93. The van der Waals surface area contributed by atoms with E-state index in [4.69, 9.17) is 16.3 Å². The maximum atomic E-state index is 13.4. The molecular formula is C25H19ClFN3O3. The number of halogens is 2. The summed E-state index contributed by atoms with van der Waals surface area (Å²) in [5, 5.41) is 6.12. The second kappa shape index (κ2) is 9.58. The van der Waals surface area contributed by atoms with Crippen molar-refractivity contribution in [1.82, 2.24) is 10.3 Å². The van der Waals surface area contributed by atoms with Crippen molar-refractivity contribution in [3.63, 3.8) is 0 Å². The van der Waals surface area contributed by atoms with Crippen LogP contribution in [0.25, 0.3) is 17.0 Å². The van der Waals surface area contributed by atoms with Gasteiger partial charge < -0.3 is 20.4 Å². The normalized spacial score (nSPS) is 11.3. The molecule has 0 atom stereocenters. The average molecular weight is 464 g/mol. The van der Waals surface area contributed by atoms with E-state index in [0.717, 1.165) is 17.0 Å². The number of rotatable bonds is 6. The molecule has 0 unspecified atom stereocenters. The van der Waals surface area contributed by atoms with Crippen molar-refractivity contribution in [3.8, 4) is 5.75 Å². The maximum Gasteiger partial charge on any atom is 0.272 e. The molecule has 0 spiro atoms. The molecule has 4 aromatic rings. The quantitative estimate of drug-likeness (QED) is 0.336. The van der Waals surface area contributed by atoms with Crippen molar-refractivity contribution in [2.45, 2.75) is 0 Å². The summed E-state index contributed by atoms with van der Waals surface area (Å²) in [4.78, 5) is 29.0. The monoisotopic (exact) mass is 463 g/mol. The van der Waals surface area contributed by atoms with E-state index in [9.17, 15) is 14.0 Å². The topological polar surface area (TPSA) is 83.2 Å². The summed E-state index contributed by atoms with van der Waals surface area (Å²) in [5.41, 5.74) is 2.07. The number of aromatic amines is 1. The van der Waals surface area contributed by atoms with Crippen LogP contribution >= 0.6 is 11.6 Å². The molecule has 1 aromatic heterocycles. The van der Waals surface area contributed by atoms with Gasteiger partial charge in [0.1, 0.15) is 17.3 Å². The molecular weight excluding hydrogens is 445 g/mol. The van der Waals surface area contributed by atoms with E-state index >= 15 is 0 Å². The molecule has 0 radical (unpaired) electrons. The Balaban J connectivity index is 1.72. The number of H-pyrrole nitrogens is 1. The minimum atomic E-state index is -0.620. The molecule has 0 bridgehead atoms. The molecule has 33 heavy (non-hydrogen) atoms. The maximum absolute atomic E-state index is 13.4. The second-order valence-corrected chi connectivity index (χ2v) is 7.52. The number of carbonyl (C=O) groups is 2. The van der Waals surface area contributed by atoms with Crippen molar-refractivity contribution >= 4 is 46.1 Å². The smallest absolute Gasteiger partial charge is 0.272 e. The van der Waals surface area contributed by atoms with Gasteiger partial charge in [-0.1, -0.05) is 29.8 Å². The zero-order chi connectivity index (χ0) is 23.4. The van der Waals surface area contributed by atoms with Gasteiger partial charge in [-0.3, -0.25) is 9.59 Å². The molecule has 0 saturated heterocycles. The van der Waals surface area contributed by atoms with E-state index in [-0.39, 0.29) is 16.4 Å². The van der Waals surface area contributed by atoms with E-state index in [2.05, 4.69) is 15.6 Å². The van der Waals surface area contributed by atoms with E-state index < -0.39 is 17.6 Å². The Kier molecular flexibility index (Phi) is 6.42. The first-order valence-corrected chi connectivity index (χ1v) is 10.3. The van der Waals surface area contributed by atoms with Crippen LogP contribution in [0.5, 0.6) is 5.75 Å². The third kappa shape index (κ3) is 5.05. The Morgan fingerprint density at radius 3 is 2.58 bits per heavy atom. The van der Waals surface area contributed by atoms with Crippen molar-refractivity contribution in [2.24, 2.45) is 0 Å². The fraction of sp³-hybridized carbons (Fsp3) is 0.0400. The molecule has 0 aliphatic carbocycles. The Labute approximate surface area is 194 Å². The Morgan fingerprint density at radius 2 is 1.85 bits per heavy atom. The SMILES string of the molecule is COc1ccc2[nH]cc(C=C(NC(=O)c3ccccc3)C(=O)Nc3ccc(F)cc3Cl)c2c1. The minimum absolute atomic E-state index is 0.0204. The molecule has 6 nitrogen and oxygen atoms in total. The Hall–Kier alpha value is -4.10. The summed E-state index contributed by atoms with van der Waals surface area (Å²) in [6, 6.07) is 17.6. The van der Waals surface area contributed by atoms with Crippen LogP contribution in [0.4, 0.5) is 10.1 Å². The Bertz CT molecular complexity index is 1370. The number of ether oxygens (including phenoxy) is 1. The van der Waals surface area contributed by atoms with Gasteiger partial charge in [-0.15, -0.1) is 0 Å². The number of nitrogens with one attached hydrogen (secondary N) is 3. The summed E-state index contributed by atoms with van der Waals surface area (Å²) in [6.07, 6.45) is 3.27. The molecule has 0 fully saturated rings. The average Bonchev–Trinajstić information content (AvgIpc) is 3.22. The lowest BCUT2D eigenvalue weighted by Gasteiger charge is -2.12. The van der Waals surface area contributed by atoms with Crippen molar-refractivity contribution in [3.05, 3.63) is 101 Å². The predicted molar refractivity (Wildman–Crippen MR) is 127 cm³/mol. The van der Waals surface area contributed by atoms with Gasteiger partial charge in [0, 0.05) is 28.2 Å². The number of hydrogen-bond acceptors (Lipinski definition) is 3. The third-order valence-corrected chi connectivity index (χ3v) is 5.24. The number of fused-ring (bicyclic) bond motifs is 1. The van der Waals surface area contributed by atoms with Crippen LogP contribution in [0.1, 0.15) is 15.9 Å². The lowest BCUT2D eigenvalue weighted by atomic mass is 10.1. The molecule has 0 aliphatic rings. The lowest BCUT2D eigenvalue weighted by molar-refractivity contribution is -0.113. The van der Waals surface area contributed by atoms with Gasteiger partial charge in [-0.05, 0) is 54.6 Å². The summed E-state index contributed by atoms with van der Waals surface area (Å²) in [7, 11) is 1.56. The van der Waals surface area contributed by atoms with Gasteiger partial charge in [-0.25, -0.2) is 4.39 Å². The lowest BCUT2D eigenvalue weighted by Crippen LogP contribution is -2.30. The fourth-order valence-electron chi connectivity index (χ4n) is 3.25. The minimum Gasteiger partial charge on any atom is -0.497 e. The number of benzene rings is 3. The van der Waals surface area contributed by atoms with Crippen LogP contribution in [0.3, 0.4) is 0 Å². The first-order chi connectivity index (χ1) is 15.9. The molecule has 166 valence electrons. The highest BCUT2D eigenvalue weighted by molar-refractivity contribution is 6.34. The highest BCUT2D eigenvalue weighted by atomic mass is 35.5. The van der Waals surface area contributed by atoms with Gasteiger partial charge in [-0.2, -0.15) is 0 Å². The molecule has 2 amide bonds. The number of anilines is 1. The standard InChI is InChI=1S/C25H19ClFN3O3/c1-33-18-8-10-21-19(13-18)16(14-28-21)11-23(30-24(31)15-5-3-2-4-6-15)25(32)29-22-9-7-17(27)12-20(22)26/h2-14,28H,1H3,(H,29,32)(H,30,31). The van der Waals surface area contributed by atoms with E-state index in [1.165, 1.54) is 12.1 Å². The first-order valence-electron chi connectivity index (χ1n) is 9.94. The van der Waals surface area contributed by atoms with Gasteiger partial charge >= 0.3 is 0 Å². The summed E-state index contributed by atoms with van der Waals surface area (Å²) in [5.74, 6) is -0.960. The van der Waals surface area contributed by atoms with Crippen LogP contribution in [0.2, 0.25) is 5.02 Å². The fourth-order valence-corrected chi connectivity index (χ4v) is 3.46. The van der Waals surface area contributed by atoms with Crippen molar-refractivity contribution < 1.29 is 18.7 Å². The van der Waals surface area contributed by atoms with Crippen LogP contribution in [0, 0.1) is 5.82 Å². The van der Waals surface area contributed by atoms with Crippen molar-refractivity contribution in [1.29, 1.82) is 0 Å². The van der Waals surface area contributed by atoms with Crippen LogP contribution < -0.4 is 15.4 Å². The van der Waals surface area contributed by atoms with Gasteiger partial charge in [0.25, 0.3) is 11.8 Å². The van der Waals surface area contributed by atoms with E-state index in [1.54, 1.807) is 49.7 Å². The summed E-state index contributed by atoms with van der Waals surface area (Å²) in [6.45, 7) is 0. The summed E-state index contributed by atoms with van der Waals surface area (Å²) >= 11 is 6.05. The van der Waals surface area contributed by atoms with Crippen LogP contribution in [-0.4, -0.2) is 23.9 Å². The summed E-state index contributed by atoms with van der Waals surface area (Å²) < 4.78 is 18.7. The van der Waals surface area contributed by atoms with E-state index in [0.29, 0.717) is 16.9 Å². The zero-order valence-corrected chi connectivity index (χ0v) is 18.2. The molecule has 4 rings (SSSR count). The van der Waals surface area contributed by atoms with Gasteiger partial charge in [0.2, 0.25) is 0 Å². The molecule has 0 aliphatic heterocycles. The number of methoxy groups -OCH3 is 1. The zero-order valence-electron chi connectivity index (χ0n) is 17.5. The van der Waals surface area contributed by atoms with E-state index in [1.807, 2.05) is 18.2 Å². The highest BCUT2D eigenvalue weighted by Crippen LogP contribution is 2.26. The predicted octanol–water partition coefficient (Wildman–Crippen LogP) is 5.38. The highest BCUT2D eigenvalue weighted by Gasteiger charge is 2.17. The number of hydrogen-bond donors (Lipinski definition) is 3. The number of amides is 2. The van der Waals surface area contributed by atoms with Crippen LogP contribution in [0.15, 0.2) is 78.6 Å². The first kappa shape index (κ1) is 22.1. The molecule has 0 saturated carbocycles. The largest absolute Gasteiger partial charge is 0.497 e. The number of carbonyl (C=O) groups excluding carboxylic acids is 2. The molecule has 1 heterocycles. The molecule has 3 N–H and O–H groups in total. The Morgan fingerprint density at radius 1 is 1.06 bits per heavy atom. The van der Waals surface area contributed by atoms with Crippen molar-refractivity contribution in [2.75, 3.05) is 12.4 Å². The second-order valence-electron chi connectivity index (χ2n) is 7.11. The van der Waals surface area contributed by atoms with Gasteiger partial charge in [0.15, 0.2) is 0 Å². The number of aromatic nitrogens is 1. The van der Waals surface area contributed by atoms with Gasteiger partial charge in [0.05, 0.1) is 17.8 Å². The molecule has 3 aromatic carbocycles.